The first-order valence-corrected chi connectivity index (χ1v) is 7.83. The Balaban J connectivity index is 1.93. The first-order chi connectivity index (χ1) is 11.0. The second-order valence-electron chi connectivity index (χ2n) is 5.69. The van der Waals surface area contributed by atoms with Crippen molar-refractivity contribution < 1.29 is 14.0 Å². The maximum atomic E-state index is 13.2. The molecule has 1 heterocycles. The number of hydrogen-bond acceptors (Lipinski definition) is 2. The summed E-state index contributed by atoms with van der Waals surface area (Å²) in [6.45, 7) is 0. The summed E-state index contributed by atoms with van der Waals surface area (Å²) in [4.78, 5) is 24.7. The molecule has 23 heavy (non-hydrogen) atoms. The fourth-order valence-electron chi connectivity index (χ4n) is 2.95. The highest BCUT2D eigenvalue weighted by Gasteiger charge is 2.25. The summed E-state index contributed by atoms with van der Waals surface area (Å²) in [6.07, 6.45) is 4.66. The third-order valence-corrected chi connectivity index (χ3v) is 4.35. The van der Waals surface area contributed by atoms with Crippen molar-refractivity contribution in [3.63, 3.8) is 0 Å². The molecule has 1 aliphatic carbocycles. The number of hydrogen-bond donors (Lipinski definition) is 1. The summed E-state index contributed by atoms with van der Waals surface area (Å²) in [5.74, 6) is -0.786. The maximum absolute atomic E-state index is 13.2. The first-order valence-electron chi connectivity index (χ1n) is 7.45. The number of carbonyl (C=O) groups is 2. The first kappa shape index (κ1) is 15.7. The smallest absolute Gasteiger partial charge is 0.272 e. The van der Waals surface area contributed by atoms with Crippen molar-refractivity contribution in [1.82, 2.24) is 4.57 Å². The molecular formula is C17H16ClFN2O2. The molecule has 0 saturated carbocycles. The molecule has 0 saturated heterocycles. The van der Waals surface area contributed by atoms with Crippen molar-refractivity contribution in [1.29, 1.82) is 0 Å². The van der Waals surface area contributed by atoms with Gasteiger partial charge in [0.15, 0.2) is 5.78 Å². The Labute approximate surface area is 138 Å². The van der Waals surface area contributed by atoms with Crippen LogP contribution in [-0.2, 0) is 13.5 Å². The number of nitrogens with zero attached hydrogens (tertiary/aromatic N) is 1. The summed E-state index contributed by atoms with van der Waals surface area (Å²) in [7, 11) is 1.74. The molecule has 0 aliphatic heterocycles. The number of amides is 1. The monoisotopic (exact) mass is 334 g/mol. The van der Waals surface area contributed by atoms with Gasteiger partial charge in [0.1, 0.15) is 11.5 Å². The van der Waals surface area contributed by atoms with Crippen molar-refractivity contribution >= 4 is 29.0 Å². The summed E-state index contributed by atoms with van der Waals surface area (Å²) < 4.78 is 14.9. The Morgan fingerprint density at radius 2 is 2.04 bits per heavy atom. The summed E-state index contributed by atoms with van der Waals surface area (Å²) in [5.41, 5.74) is 2.31. The van der Waals surface area contributed by atoms with Crippen molar-refractivity contribution in [2.45, 2.75) is 25.7 Å². The van der Waals surface area contributed by atoms with E-state index >= 15 is 0 Å². The lowest BCUT2D eigenvalue weighted by Crippen LogP contribution is -2.17. The van der Waals surface area contributed by atoms with Gasteiger partial charge in [0, 0.05) is 30.9 Å². The number of aryl methyl sites for hydroxylation is 1. The van der Waals surface area contributed by atoms with Gasteiger partial charge in [0.25, 0.3) is 5.91 Å². The van der Waals surface area contributed by atoms with Crippen molar-refractivity contribution in [3.8, 4) is 0 Å². The predicted molar refractivity (Wildman–Crippen MR) is 86.7 cm³/mol. The van der Waals surface area contributed by atoms with Gasteiger partial charge in [0.05, 0.1) is 5.02 Å². The van der Waals surface area contributed by atoms with Crippen LogP contribution in [0.15, 0.2) is 24.4 Å². The quantitative estimate of drug-likeness (QED) is 0.844. The lowest BCUT2D eigenvalue weighted by Gasteiger charge is -2.09. The molecule has 1 aliphatic rings. The lowest BCUT2D eigenvalue weighted by molar-refractivity contribution is 0.0981. The highest BCUT2D eigenvalue weighted by Crippen LogP contribution is 2.26. The topological polar surface area (TPSA) is 51.1 Å². The molecule has 1 N–H and O–H groups in total. The molecular weight excluding hydrogens is 319 g/mol. The molecule has 2 aromatic rings. The van der Waals surface area contributed by atoms with Gasteiger partial charge in [-0.05, 0) is 43.0 Å². The minimum absolute atomic E-state index is 0.0521. The van der Waals surface area contributed by atoms with E-state index in [2.05, 4.69) is 5.32 Å². The number of fused-ring (bicyclic) bond motifs is 1. The third kappa shape index (κ3) is 3.01. The molecule has 0 fully saturated rings. The van der Waals surface area contributed by atoms with E-state index in [9.17, 15) is 14.0 Å². The molecule has 120 valence electrons. The van der Waals surface area contributed by atoms with Gasteiger partial charge < -0.3 is 9.88 Å². The molecule has 0 spiro atoms. The number of nitrogens with one attached hydrogen (secondary N) is 1. The minimum atomic E-state index is -0.539. The van der Waals surface area contributed by atoms with Crippen LogP contribution in [0, 0.1) is 5.82 Å². The third-order valence-electron chi connectivity index (χ3n) is 4.06. The summed E-state index contributed by atoms with van der Waals surface area (Å²) in [5, 5.41) is 2.66. The van der Waals surface area contributed by atoms with E-state index in [1.165, 1.54) is 18.2 Å². The number of benzene rings is 1. The molecule has 4 nitrogen and oxygen atoms in total. The Morgan fingerprint density at radius 3 is 2.78 bits per heavy atom. The molecule has 0 radical (unpaired) electrons. The van der Waals surface area contributed by atoms with Crippen LogP contribution in [0.1, 0.15) is 45.7 Å². The Hall–Kier alpha value is -2.14. The summed E-state index contributed by atoms with van der Waals surface area (Å²) in [6, 6.07) is 4.01. The van der Waals surface area contributed by atoms with Gasteiger partial charge >= 0.3 is 0 Å². The van der Waals surface area contributed by atoms with Crippen LogP contribution in [0.5, 0.6) is 0 Å². The molecule has 3 rings (SSSR count). The van der Waals surface area contributed by atoms with Crippen LogP contribution < -0.4 is 5.32 Å². The standard InChI is InChI=1S/C17H16ClFN2O2/c1-21-9-12-11(4-2-3-5-15(12)22)16(21)17(23)20-10-6-7-14(19)13(18)8-10/h6-9H,2-5H2,1H3,(H,20,23). The van der Waals surface area contributed by atoms with Gasteiger partial charge in [-0.2, -0.15) is 0 Å². The second-order valence-corrected chi connectivity index (χ2v) is 6.10. The van der Waals surface area contributed by atoms with E-state index in [1.807, 2.05) is 0 Å². The van der Waals surface area contributed by atoms with Crippen LogP contribution in [0.3, 0.4) is 0 Å². The zero-order chi connectivity index (χ0) is 16.6. The SMILES string of the molecule is Cn1cc2c(c1C(=O)Nc1ccc(F)c(Cl)c1)CCCCC2=O. The highest BCUT2D eigenvalue weighted by molar-refractivity contribution is 6.31. The molecule has 6 heteroatoms. The molecule has 0 unspecified atom stereocenters. The van der Waals surface area contributed by atoms with Gasteiger partial charge in [-0.1, -0.05) is 11.6 Å². The number of carbonyl (C=O) groups excluding carboxylic acids is 2. The van der Waals surface area contributed by atoms with E-state index < -0.39 is 5.82 Å². The average molecular weight is 335 g/mol. The van der Waals surface area contributed by atoms with Crippen LogP contribution in [0.4, 0.5) is 10.1 Å². The number of rotatable bonds is 2. The molecule has 1 amide bonds. The summed E-state index contributed by atoms with van der Waals surface area (Å²) >= 11 is 5.73. The Bertz CT molecular complexity index is 798. The average Bonchev–Trinajstić information content (AvgIpc) is 2.74. The fraction of sp³-hybridized carbons (Fsp3) is 0.294. The van der Waals surface area contributed by atoms with E-state index in [0.29, 0.717) is 29.8 Å². The number of Topliss-reactive ketones (excluding diaryl/α,β-unsaturated/α-hetero) is 1. The van der Waals surface area contributed by atoms with Crippen molar-refractivity contribution in [2.75, 3.05) is 5.32 Å². The van der Waals surface area contributed by atoms with Crippen LogP contribution in [0.25, 0.3) is 0 Å². The number of halogens is 2. The normalized spacial score (nSPS) is 14.3. The largest absolute Gasteiger partial charge is 0.346 e. The molecule has 0 atom stereocenters. The van der Waals surface area contributed by atoms with E-state index in [1.54, 1.807) is 17.8 Å². The Morgan fingerprint density at radius 1 is 1.30 bits per heavy atom. The number of ketones is 1. The molecule has 0 bridgehead atoms. The van der Waals surface area contributed by atoms with Crippen LogP contribution >= 0.6 is 11.6 Å². The zero-order valence-corrected chi connectivity index (χ0v) is 13.4. The van der Waals surface area contributed by atoms with E-state index in [4.69, 9.17) is 11.6 Å². The van der Waals surface area contributed by atoms with Gasteiger partial charge in [-0.3, -0.25) is 9.59 Å². The van der Waals surface area contributed by atoms with Gasteiger partial charge in [-0.15, -0.1) is 0 Å². The molecule has 1 aromatic carbocycles. The van der Waals surface area contributed by atoms with Crippen LogP contribution in [-0.4, -0.2) is 16.3 Å². The fourth-order valence-corrected chi connectivity index (χ4v) is 3.13. The van der Waals surface area contributed by atoms with Gasteiger partial charge in [0.2, 0.25) is 0 Å². The van der Waals surface area contributed by atoms with E-state index in [0.717, 1.165) is 18.4 Å². The number of anilines is 1. The maximum Gasteiger partial charge on any atom is 0.272 e. The predicted octanol–water partition coefficient (Wildman–Crippen LogP) is 3.98. The van der Waals surface area contributed by atoms with Crippen molar-refractivity contribution in [2.24, 2.45) is 7.05 Å². The van der Waals surface area contributed by atoms with Crippen LogP contribution in [0.2, 0.25) is 5.02 Å². The minimum Gasteiger partial charge on any atom is -0.346 e. The lowest BCUT2D eigenvalue weighted by atomic mass is 10.1. The second kappa shape index (κ2) is 6.16. The van der Waals surface area contributed by atoms with Gasteiger partial charge in [-0.25, -0.2) is 4.39 Å². The highest BCUT2D eigenvalue weighted by atomic mass is 35.5. The van der Waals surface area contributed by atoms with E-state index in [-0.39, 0.29) is 16.7 Å². The van der Waals surface area contributed by atoms with Crippen molar-refractivity contribution in [3.05, 3.63) is 52.1 Å². The Kier molecular flexibility index (Phi) is 4.22. The number of aromatic nitrogens is 1. The molecule has 1 aromatic heterocycles. The zero-order valence-electron chi connectivity index (χ0n) is 12.7.